The fourth-order valence-electron chi connectivity index (χ4n) is 2.46. The van der Waals surface area contributed by atoms with Crippen molar-refractivity contribution in [3.63, 3.8) is 0 Å². The second kappa shape index (κ2) is 8.81. The molecule has 0 radical (unpaired) electrons. The van der Waals surface area contributed by atoms with Crippen LogP contribution in [0.4, 0.5) is 0 Å². The number of ether oxygens (including phenoxy) is 1. The van der Waals surface area contributed by atoms with E-state index in [9.17, 15) is 4.79 Å². The summed E-state index contributed by atoms with van der Waals surface area (Å²) >= 11 is 1.70. The van der Waals surface area contributed by atoms with Crippen LogP contribution in [0.25, 0.3) is 0 Å². The van der Waals surface area contributed by atoms with Gasteiger partial charge in [-0.05, 0) is 32.2 Å². The van der Waals surface area contributed by atoms with Gasteiger partial charge in [-0.25, -0.2) is 0 Å². The van der Waals surface area contributed by atoms with E-state index < -0.39 is 0 Å². The molecule has 0 saturated heterocycles. The Morgan fingerprint density at radius 1 is 1.41 bits per heavy atom. The molecule has 1 unspecified atom stereocenters. The first-order chi connectivity index (χ1) is 8.27. The van der Waals surface area contributed by atoms with E-state index in [1.54, 1.807) is 11.8 Å². The number of esters is 1. The van der Waals surface area contributed by atoms with Crippen molar-refractivity contribution in [2.24, 2.45) is 5.92 Å². The third-order valence-corrected chi connectivity index (χ3v) is 4.29. The minimum absolute atomic E-state index is 0.0841. The van der Waals surface area contributed by atoms with Crippen LogP contribution < -0.4 is 5.32 Å². The first kappa shape index (κ1) is 14.8. The highest BCUT2D eigenvalue weighted by Gasteiger charge is 2.24. The minimum atomic E-state index is -0.0841. The minimum Gasteiger partial charge on any atom is -0.465 e. The summed E-state index contributed by atoms with van der Waals surface area (Å²) in [5, 5.41) is 3.56. The number of carbonyl (C=O) groups excluding carboxylic acids is 1. The van der Waals surface area contributed by atoms with Gasteiger partial charge in [0, 0.05) is 11.8 Å². The van der Waals surface area contributed by atoms with Crippen LogP contribution in [0.15, 0.2) is 0 Å². The molecule has 0 spiro atoms. The quantitative estimate of drug-likeness (QED) is 0.680. The summed E-state index contributed by atoms with van der Waals surface area (Å²) in [6.07, 6.45) is 5.43. The van der Waals surface area contributed by atoms with Gasteiger partial charge in [0.05, 0.1) is 12.4 Å². The number of carbonyl (C=O) groups is 1. The normalized spacial score (nSPS) is 18.2. The van der Waals surface area contributed by atoms with Crippen molar-refractivity contribution in [2.45, 2.75) is 45.6 Å². The molecule has 17 heavy (non-hydrogen) atoms. The van der Waals surface area contributed by atoms with Crippen molar-refractivity contribution in [3.8, 4) is 0 Å². The van der Waals surface area contributed by atoms with Crippen LogP contribution in [0, 0.1) is 5.92 Å². The maximum Gasteiger partial charge on any atom is 0.315 e. The summed E-state index contributed by atoms with van der Waals surface area (Å²) in [4.78, 5) is 11.2. The first-order valence-electron chi connectivity index (χ1n) is 6.74. The molecule has 0 heterocycles. The molecule has 4 heteroatoms. The van der Waals surface area contributed by atoms with E-state index in [1.165, 1.54) is 25.7 Å². The van der Waals surface area contributed by atoms with Crippen molar-refractivity contribution < 1.29 is 9.53 Å². The number of hydrogen-bond acceptors (Lipinski definition) is 4. The Morgan fingerprint density at radius 2 is 2.12 bits per heavy atom. The molecule has 1 rings (SSSR count). The van der Waals surface area contributed by atoms with Gasteiger partial charge in [0.15, 0.2) is 0 Å². The van der Waals surface area contributed by atoms with Gasteiger partial charge in [0.1, 0.15) is 0 Å². The monoisotopic (exact) mass is 259 g/mol. The van der Waals surface area contributed by atoms with E-state index in [4.69, 9.17) is 4.74 Å². The lowest BCUT2D eigenvalue weighted by Crippen LogP contribution is -2.37. The molecule has 1 atom stereocenters. The molecular weight excluding hydrogens is 234 g/mol. The third-order valence-electron chi connectivity index (χ3n) is 3.26. The Kier molecular flexibility index (Phi) is 7.69. The van der Waals surface area contributed by atoms with Crippen LogP contribution >= 0.6 is 11.8 Å². The van der Waals surface area contributed by atoms with E-state index in [1.807, 2.05) is 6.92 Å². The maximum absolute atomic E-state index is 11.2. The molecule has 0 aliphatic heterocycles. The number of nitrogens with one attached hydrogen (secondary N) is 1. The van der Waals surface area contributed by atoms with Gasteiger partial charge in [-0.2, -0.15) is 0 Å². The van der Waals surface area contributed by atoms with E-state index in [-0.39, 0.29) is 5.97 Å². The molecule has 0 amide bonds. The van der Waals surface area contributed by atoms with Crippen molar-refractivity contribution in [1.82, 2.24) is 5.32 Å². The van der Waals surface area contributed by atoms with E-state index in [0.29, 0.717) is 18.4 Å². The van der Waals surface area contributed by atoms with Crippen molar-refractivity contribution in [3.05, 3.63) is 0 Å². The van der Waals surface area contributed by atoms with Crippen LogP contribution in [-0.4, -0.2) is 36.7 Å². The van der Waals surface area contributed by atoms with E-state index in [2.05, 4.69) is 12.2 Å². The average molecular weight is 259 g/mol. The topological polar surface area (TPSA) is 38.3 Å². The molecule has 0 bridgehead atoms. The number of hydrogen-bond donors (Lipinski definition) is 1. The van der Waals surface area contributed by atoms with Crippen molar-refractivity contribution in [2.75, 3.05) is 24.7 Å². The zero-order valence-electron chi connectivity index (χ0n) is 11.0. The Labute approximate surface area is 109 Å². The third kappa shape index (κ3) is 5.77. The SMILES string of the molecule is CCNC(CSCC(=O)OCC)C1CCCC1. The molecule has 0 aromatic rings. The summed E-state index contributed by atoms with van der Waals surface area (Å²) in [5.41, 5.74) is 0. The highest BCUT2D eigenvalue weighted by Crippen LogP contribution is 2.29. The Morgan fingerprint density at radius 3 is 2.71 bits per heavy atom. The van der Waals surface area contributed by atoms with Crippen LogP contribution in [0.3, 0.4) is 0 Å². The van der Waals surface area contributed by atoms with Crippen molar-refractivity contribution >= 4 is 17.7 Å². The zero-order valence-corrected chi connectivity index (χ0v) is 11.9. The second-order valence-corrected chi connectivity index (χ2v) is 5.56. The molecule has 100 valence electrons. The Hall–Kier alpha value is -0.220. The van der Waals surface area contributed by atoms with Gasteiger partial charge >= 0.3 is 5.97 Å². The van der Waals surface area contributed by atoms with Gasteiger partial charge in [0.25, 0.3) is 0 Å². The van der Waals surface area contributed by atoms with E-state index in [0.717, 1.165) is 18.2 Å². The van der Waals surface area contributed by atoms with Crippen LogP contribution in [0.5, 0.6) is 0 Å². The van der Waals surface area contributed by atoms with Gasteiger partial charge in [0.2, 0.25) is 0 Å². The summed E-state index contributed by atoms with van der Waals surface area (Å²) in [7, 11) is 0. The highest BCUT2D eigenvalue weighted by atomic mass is 32.2. The summed E-state index contributed by atoms with van der Waals surface area (Å²) in [5.74, 6) is 2.24. The summed E-state index contributed by atoms with van der Waals surface area (Å²) in [6, 6.07) is 0.571. The average Bonchev–Trinajstić information content (AvgIpc) is 2.81. The Balaban J connectivity index is 2.21. The van der Waals surface area contributed by atoms with Crippen LogP contribution in [0.2, 0.25) is 0 Å². The number of rotatable bonds is 8. The lowest BCUT2D eigenvalue weighted by Gasteiger charge is -2.23. The largest absolute Gasteiger partial charge is 0.465 e. The van der Waals surface area contributed by atoms with Crippen LogP contribution in [0.1, 0.15) is 39.5 Å². The fourth-order valence-corrected chi connectivity index (χ4v) is 3.47. The van der Waals surface area contributed by atoms with Gasteiger partial charge in [-0.15, -0.1) is 11.8 Å². The lowest BCUT2D eigenvalue weighted by molar-refractivity contribution is -0.139. The fraction of sp³-hybridized carbons (Fsp3) is 0.923. The van der Waals surface area contributed by atoms with Crippen molar-refractivity contribution in [1.29, 1.82) is 0 Å². The first-order valence-corrected chi connectivity index (χ1v) is 7.90. The van der Waals surface area contributed by atoms with E-state index >= 15 is 0 Å². The summed E-state index contributed by atoms with van der Waals surface area (Å²) in [6.45, 7) is 5.50. The zero-order chi connectivity index (χ0) is 12.5. The molecule has 1 N–H and O–H groups in total. The highest BCUT2D eigenvalue weighted by molar-refractivity contribution is 7.99. The number of thioether (sulfide) groups is 1. The second-order valence-electron chi connectivity index (χ2n) is 4.53. The van der Waals surface area contributed by atoms with Gasteiger partial charge < -0.3 is 10.1 Å². The predicted molar refractivity (Wildman–Crippen MR) is 73.4 cm³/mol. The molecule has 0 aromatic carbocycles. The Bertz CT molecular complexity index is 217. The van der Waals surface area contributed by atoms with Gasteiger partial charge in [-0.1, -0.05) is 19.8 Å². The predicted octanol–water partition coefficient (Wildman–Crippen LogP) is 2.45. The molecule has 1 fully saturated rings. The maximum atomic E-state index is 11.2. The smallest absolute Gasteiger partial charge is 0.315 e. The molecule has 1 saturated carbocycles. The standard InChI is InChI=1S/C13H25NO2S/c1-3-14-12(11-7-5-6-8-11)9-17-10-13(15)16-4-2/h11-12,14H,3-10H2,1-2H3. The molecule has 3 nitrogen and oxygen atoms in total. The molecular formula is C13H25NO2S. The molecule has 1 aliphatic rings. The lowest BCUT2D eigenvalue weighted by atomic mass is 10.00. The van der Waals surface area contributed by atoms with Crippen LogP contribution in [-0.2, 0) is 9.53 Å². The van der Waals surface area contributed by atoms with Gasteiger partial charge in [-0.3, -0.25) is 4.79 Å². The molecule has 1 aliphatic carbocycles. The summed E-state index contributed by atoms with van der Waals surface area (Å²) < 4.78 is 4.93. The molecule has 0 aromatic heterocycles.